The molecule has 0 heterocycles. The van der Waals surface area contributed by atoms with Crippen LogP contribution in [0.1, 0.15) is 13.3 Å². The molecule has 0 N–H and O–H groups in total. The Hall–Kier alpha value is 0.400. The molecule has 0 aliphatic carbocycles. The monoisotopic (exact) mass is 197 g/mol. The third kappa shape index (κ3) is 2.63. The van der Waals surface area contributed by atoms with E-state index < -0.39 is 0 Å². The summed E-state index contributed by atoms with van der Waals surface area (Å²) in [5.74, 6) is 0. The third-order valence-electron chi connectivity index (χ3n) is 0.486. The molecule has 1 unspecified atom stereocenters. The van der Waals surface area contributed by atoms with Crippen LogP contribution in [0.3, 0.4) is 0 Å². The van der Waals surface area contributed by atoms with Gasteiger partial charge < -0.3 is 0 Å². The van der Waals surface area contributed by atoms with E-state index in [4.69, 9.17) is 0 Å². The van der Waals surface area contributed by atoms with E-state index in [2.05, 4.69) is 0 Å². The van der Waals surface area contributed by atoms with Crippen LogP contribution >= 0.6 is 22.6 Å². The van der Waals surface area contributed by atoms with E-state index in [0.29, 0.717) is 0 Å². The highest BCUT2D eigenvalue weighted by Gasteiger charge is 1.93. The van der Waals surface area contributed by atoms with Crippen LogP contribution in [-0.4, -0.2) is 10.2 Å². The SMILES string of the molecule is CCC(I)[C]=O. The minimum atomic E-state index is 0.0996. The zero-order chi connectivity index (χ0) is 4.99. The van der Waals surface area contributed by atoms with Crippen LogP contribution in [0.15, 0.2) is 0 Å². The van der Waals surface area contributed by atoms with Crippen molar-refractivity contribution in [3.8, 4) is 0 Å². The van der Waals surface area contributed by atoms with Crippen LogP contribution in [0, 0.1) is 0 Å². The van der Waals surface area contributed by atoms with Gasteiger partial charge in [0.05, 0.1) is 3.92 Å². The molecule has 1 radical (unpaired) electrons. The van der Waals surface area contributed by atoms with Gasteiger partial charge in [-0.2, -0.15) is 0 Å². The van der Waals surface area contributed by atoms with Gasteiger partial charge in [0, 0.05) is 0 Å². The summed E-state index contributed by atoms with van der Waals surface area (Å²) >= 11 is 2.05. The third-order valence-corrected chi connectivity index (χ3v) is 1.62. The van der Waals surface area contributed by atoms with Gasteiger partial charge >= 0.3 is 0 Å². The van der Waals surface area contributed by atoms with E-state index in [-0.39, 0.29) is 3.92 Å². The van der Waals surface area contributed by atoms with Gasteiger partial charge in [-0.1, -0.05) is 29.5 Å². The minimum Gasteiger partial charge on any atom is -0.290 e. The van der Waals surface area contributed by atoms with Crippen molar-refractivity contribution in [1.29, 1.82) is 0 Å². The van der Waals surface area contributed by atoms with Crippen LogP contribution in [0.2, 0.25) is 0 Å². The van der Waals surface area contributed by atoms with Crippen molar-refractivity contribution in [2.75, 3.05) is 0 Å². The van der Waals surface area contributed by atoms with E-state index in [0.717, 1.165) is 6.42 Å². The standard InChI is InChI=1S/C4H6IO/c1-2-4(5)3-6/h4H,2H2,1H3. The maximum atomic E-state index is 9.60. The van der Waals surface area contributed by atoms with Crippen LogP contribution in [-0.2, 0) is 4.79 Å². The summed E-state index contributed by atoms with van der Waals surface area (Å²) in [6, 6.07) is 0. The molecule has 2 heteroatoms. The number of carbonyl (C=O) groups excluding carboxylic acids is 1. The first kappa shape index (κ1) is 6.40. The highest BCUT2D eigenvalue weighted by Crippen LogP contribution is 1.98. The zero-order valence-electron chi connectivity index (χ0n) is 3.57. The second kappa shape index (κ2) is 3.59. The molecule has 1 nitrogen and oxygen atoms in total. The Balaban J connectivity index is 2.96. The number of halogens is 1. The summed E-state index contributed by atoms with van der Waals surface area (Å²) in [7, 11) is 0. The van der Waals surface area contributed by atoms with E-state index in [1.165, 1.54) is 0 Å². The molecule has 0 aliphatic heterocycles. The molecule has 0 spiro atoms. The minimum absolute atomic E-state index is 0.0996. The maximum Gasteiger partial charge on any atom is 0.212 e. The Bertz CT molecular complexity index is 44.8. The van der Waals surface area contributed by atoms with Crippen molar-refractivity contribution in [2.45, 2.75) is 17.3 Å². The summed E-state index contributed by atoms with van der Waals surface area (Å²) in [5, 5.41) is 0. The fraction of sp³-hybridized carbons (Fsp3) is 0.750. The predicted molar refractivity (Wildman–Crippen MR) is 33.8 cm³/mol. The first-order valence-electron chi connectivity index (χ1n) is 1.83. The van der Waals surface area contributed by atoms with Crippen molar-refractivity contribution in [2.24, 2.45) is 0 Å². The summed E-state index contributed by atoms with van der Waals surface area (Å²) in [6.45, 7) is 1.96. The van der Waals surface area contributed by atoms with Crippen LogP contribution in [0.5, 0.6) is 0 Å². The predicted octanol–water partition coefficient (Wildman–Crippen LogP) is 1.31. The lowest BCUT2D eigenvalue weighted by atomic mass is 10.4. The first-order valence-corrected chi connectivity index (χ1v) is 3.07. The van der Waals surface area contributed by atoms with Crippen molar-refractivity contribution < 1.29 is 4.79 Å². The Morgan fingerprint density at radius 3 is 2.50 bits per heavy atom. The normalized spacial score (nSPS) is 13.7. The molecule has 0 aromatic rings. The smallest absolute Gasteiger partial charge is 0.212 e. The molecule has 0 saturated heterocycles. The Morgan fingerprint density at radius 1 is 2.00 bits per heavy atom. The highest BCUT2D eigenvalue weighted by molar-refractivity contribution is 14.1. The van der Waals surface area contributed by atoms with E-state index >= 15 is 0 Å². The summed E-state index contributed by atoms with van der Waals surface area (Å²) in [5.41, 5.74) is 0. The molecule has 35 valence electrons. The van der Waals surface area contributed by atoms with Crippen LogP contribution < -0.4 is 0 Å². The molecule has 0 amide bonds. The van der Waals surface area contributed by atoms with Crippen molar-refractivity contribution in [1.82, 2.24) is 0 Å². The zero-order valence-corrected chi connectivity index (χ0v) is 5.73. The lowest BCUT2D eigenvalue weighted by Gasteiger charge is -1.85. The summed E-state index contributed by atoms with van der Waals surface area (Å²) < 4.78 is 0.0996. The lowest BCUT2D eigenvalue weighted by molar-refractivity contribution is 0.553. The quantitative estimate of drug-likeness (QED) is 0.481. The average Bonchev–Trinajstić information content (AvgIpc) is 1.65. The number of hydrogen-bond donors (Lipinski definition) is 0. The number of alkyl halides is 1. The molecule has 0 aliphatic rings. The molecule has 0 aromatic carbocycles. The Labute approximate surface area is 51.3 Å². The first-order chi connectivity index (χ1) is 2.81. The van der Waals surface area contributed by atoms with Gasteiger partial charge in [-0.25, -0.2) is 0 Å². The molecule has 0 fully saturated rings. The van der Waals surface area contributed by atoms with Crippen LogP contribution in [0.4, 0.5) is 0 Å². The van der Waals surface area contributed by atoms with E-state index in [1.54, 1.807) is 0 Å². The van der Waals surface area contributed by atoms with Gasteiger partial charge in [0.15, 0.2) is 0 Å². The summed E-state index contributed by atoms with van der Waals surface area (Å²) in [6.07, 6.45) is 2.74. The Kier molecular flexibility index (Phi) is 3.82. The molecule has 6 heavy (non-hydrogen) atoms. The molecular weight excluding hydrogens is 191 g/mol. The van der Waals surface area contributed by atoms with Crippen LogP contribution in [0.25, 0.3) is 0 Å². The lowest BCUT2D eigenvalue weighted by Crippen LogP contribution is -1.92. The second-order valence-corrected chi connectivity index (χ2v) is 2.50. The van der Waals surface area contributed by atoms with Crippen molar-refractivity contribution in [3.63, 3.8) is 0 Å². The van der Waals surface area contributed by atoms with E-state index in [1.807, 2.05) is 35.8 Å². The van der Waals surface area contributed by atoms with Gasteiger partial charge in [-0.15, -0.1) is 0 Å². The highest BCUT2D eigenvalue weighted by atomic mass is 127. The van der Waals surface area contributed by atoms with Gasteiger partial charge in [-0.3, -0.25) is 4.79 Å². The molecule has 0 saturated carbocycles. The molecule has 1 atom stereocenters. The molecule has 0 aromatic heterocycles. The molecule has 0 rings (SSSR count). The van der Waals surface area contributed by atoms with E-state index in [9.17, 15) is 4.79 Å². The largest absolute Gasteiger partial charge is 0.290 e. The van der Waals surface area contributed by atoms with Gasteiger partial charge in [0.2, 0.25) is 6.29 Å². The topological polar surface area (TPSA) is 17.1 Å². The van der Waals surface area contributed by atoms with Gasteiger partial charge in [0.1, 0.15) is 0 Å². The fourth-order valence-corrected chi connectivity index (χ4v) is 0.0833. The average molecular weight is 197 g/mol. The van der Waals surface area contributed by atoms with Crippen molar-refractivity contribution in [3.05, 3.63) is 0 Å². The number of hydrogen-bond acceptors (Lipinski definition) is 1. The molecule has 0 bridgehead atoms. The second-order valence-electron chi connectivity index (χ2n) is 0.994. The van der Waals surface area contributed by atoms with Gasteiger partial charge in [-0.05, 0) is 6.42 Å². The fourth-order valence-electron chi connectivity index (χ4n) is 0.0833. The molecular formula is C4H6IO. The van der Waals surface area contributed by atoms with Crippen molar-refractivity contribution >= 4 is 28.9 Å². The maximum absolute atomic E-state index is 9.60. The number of rotatable bonds is 2. The Morgan fingerprint density at radius 2 is 2.50 bits per heavy atom. The van der Waals surface area contributed by atoms with Gasteiger partial charge in [0.25, 0.3) is 0 Å². The summed E-state index contributed by atoms with van der Waals surface area (Å²) in [4.78, 5) is 9.60.